The van der Waals surface area contributed by atoms with Gasteiger partial charge in [0.15, 0.2) is 23.0 Å². The number of nitrogens with zero attached hydrogens (tertiary/aromatic N) is 1. The van der Waals surface area contributed by atoms with Gasteiger partial charge in [0.25, 0.3) is 0 Å². The molecule has 0 saturated carbocycles. The molecule has 0 bridgehead atoms. The Balaban J connectivity index is 2.12. The predicted octanol–water partition coefficient (Wildman–Crippen LogP) is 5.67. The van der Waals surface area contributed by atoms with E-state index in [1.54, 1.807) is 38.1 Å². The zero-order valence-electron chi connectivity index (χ0n) is 22.7. The van der Waals surface area contributed by atoms with Gasteiger partial charge >= 0.3 is 11.9 Å². The molecule has 2 rings (SSSR count). The average molecular weight is 550 g/mol. The first-order valence-electron chi connectivity index (χ1n) is 12.6. The van der Waals surface area contributed by atoms with Gasteiger partial charge in [-0.3, -0.25) is 14.4 Å². The molecule has 0 aliphatic heterocycles. The molecule has 3 atom stereocenters. The van der Waals surface area contributed by atoms with Crippen molar-refractivity contribution in [2.24, 2.45) is 11.8 Å². The molecule has 0 radical (unpaired) electrons. The first kappa shape index (κ1) is 30.9. The monoisotopic (exact) mass is 549 g/mol. The predicted molar refractivity (Wildman–Crippen MR) is 142 cm³/mol. The van der Waals surface area contributed by atoms with Crippen molar-refractivity contribution >= 4 is 29.3 Å². The summed E-state index contributed by atoms with van der Waals surface area (Å²) in [5.41, 5.74) is -0.0369. The van der Waals surface area contributed by atoms with Crippen molar-refractivity contribution in [3.05, 3.63) is 47.2 Å². The molecule has 1 aromatic heterocycles. The van der Waals surface area contributed by atoms with Crippen molar-refractivity contribution < 1.29 is 38.1 Å². The SMILES string of the molecule is CCC(CC)[C@@H](Oc1ccc(Cl)cc1)[C@H](C)OC(=O)[C@H](C)CC(=O)c1nccc(OC)c1OCOC(C)=O. The Morgan fingerprint density at radius 3 is 2.26 bits per heavy atom. The Morgan fingerprint density at radius 2 is 1.68 bits per heavy atom. The summed E-state index contributed by atoms with van der Waals surface area (Å²) in [5.74, 6) is -1.26. The number of aromatic nitrogens is 1. The van der Waals surface area contributed by atoms with Gasteiger partial charge in [0.2, 0.25) is 6.79 Å². The molecule has 1 aromatic carbocycles. The highest BCUT2D eigenvalue weighted by Gasteiger charge is 2.32. The van der Waals surface area contributed by atoms with Gasteiger partial charge in [0.05, 0.1) is 13.0 Å². The molecule has 0 fully saturated rings. The van der Waals surface area contributed by atoms with Gasteiger partial charge in [-0.2, -0.15) is 0 Å². The number of methoxy groups -OCH3 is 1. The maximum atomic E-state index is 13.1. The zero-order chi connectivity index (χ0) is 28.2. The molecule has 0 aliphatic carbocycles. The Labute approximate surface area is 228 Å². The molecule has 0 unspecified atom stereocenters. The van der Waals surface area contributed by atoms with Gasteiger partial charge in [-0.25, -0.2) is 4.98 Å². The molecule has 38 heavy (non-hydrogen) atoms. The first-order chi connectivity index (χ1) is 18.1. The van der Waals surface area contributed by atoms with Gasteiger partial charge in [0.1, 0.15) is 18.0 Å². The molecular formula is C28H36ClNO8. The molecule has 0 N–H and O–H groups in total. The Morgan fingerprint density at radius 1 is 1.03 bits per heavy atom. The fourth-order valence-corrected chi connectivity index (χ4v) is 4.05. The molecule has 208 valence electrons. The topological polar surface area (TPSA) is 110 Å². The van der Waals surface area contributed by atoms with E-state index in [4.69, 9.17) is 35.3 Å². The lowest BCUT2D eigenvalue weighted by Gasteiger charge is -2.31. The van der Waals surface area contributed by atoms with E-state index in [0.717, 1.165) is 12.8 Å². The number of ketones is 1. The lowest BCUT2D eigenvalue weighted by Crippen LogP contribution is -2.40. The molecule has 10 heteroatoms. The second-order valence-corrected chi connectivity index (χ2v) is 9.31. The summed E-state index contributed by atoms with van der Waals surface area (Å²) >= 11 is 5.99. The second kappa shape index (κ2) is 15.2. The third-order valence-corrected chi connectivity index (χ3v) is 6.33. The standard InChI is InChI=1S/C28H36ClNO8/c1-7-20(8-2)26(38-22-11-9-21(29)10-12-22)18(4)37-28(33)17(3)15-23(32)25-27(36-16-35-19(5)31)24(34-6)13-14-30-25/h9-14,17-18,20,26H,7-8,15-16H2,1-6H3/t17-,18+,26+/m1/s1. The highest BCUT2D eigenvalue weighted by atomic mass is 35.5. The van der Waals surface area contributed by atoms with Crippen molar-refractivity contribution in [3.63, 3.8) is 0 Å². The van der Waals surface area contributed by atoms with Crippen molar-refractivity contribution in [3.8, 4) is 17.2 Å². The highest BCUT2D eigenvalue weighted by Crippen LogP contribution is 2.31. The minimum atomic E-state index is -0.767. The minimum Gasteiger partial charge on any atom is -0.493 e. The van der Waals surface area contributed by atoms with Crippen molar-refractivity contribution in [1.82, 2.24) is 4.98 Å². The lowest BCUT2D eigenvalue weighted by atomic mass is 9.92. The molecule has 0 saturated heterocycles. The van der Waals surface area contributed by atoms with Gasteiger partial charge in [-0.05, 0) is 49.9 Å². The van der Waals surface area contributed by atoms with Crippen LogP contribution in [0.2, 0.25) is 5.02 Å². The maximum Gasteiger partial charge on any atom is 0.309 e. The van der Waals surface area contributed by atoms with Crippen LogP contribution < -0.4 is 14.2 Å². The van der Waals surface area contributed by atoms with Crippen molar-refractivity contribution in [1.29, 1.82) is 0 Å². The van der Waals surface area contributed by atoms with Crippen LogP contribution in [0.25, 0.3) is 0 Å². The number of halogens is 1. The van der Waals surface area contributed by atoms with Crippen LogP contribution in [-0.4, -0.2) is 48.8 Å². The van der Waals surface area contributed by atoms with E-state index in [0.29, 0.717) is 10.8 Å². The average Bonchev–Trinajstić information content (AvgIpc) is 2.89. The van der Waals surface area contributed by atoms with Crippen LogP contribution in [0.15, 0.2) is 36.5 Å². The summed E-state index contributed by atoms with van der Waals surface area (Å²) in [6.07, 6.45) is 1.93. The van der Waals surface area contributed by atoms with E-state index < -0.39 is 36.5 Å². The van der Waals surface area contributed by atoms with Crippen LogP contribution in [-0.2, 0) is 19.1 Å². The maximum absolute atomic E-state index is 13.1. The van der Waals surface area contributed by atoms with E-state index in [-0.39, 0.29) is 35.6 Å². The van der Waals surface area contributed by atoms with Crippen LogP contribution in [0.3, 0.4) is 0 Å². The van der Waals surface area contributed by atoms with Crippen molar-refractivity contribution in [2.45, 2.75) is 66.1 Å². The van der Waals surface area contributed by atoms with E-state index in [9.17, 15) is 14.4 Å². The molecule has 0 spiro atoms. The second-order valence-electron chi connectivity index (χ2n) is 8.87. The molecular weight excluding hydrogens is 514 g/mol. The summed E-state index contributed by atoms with van der Waals surface area (Å²) in [5, 5.41) is 0.597. The normalized spacial score (nSPS) is 13.3. The summed E-state index contributed by atoms with van der Waals surface area (Å²) in [7, 11) is 1.41. The highest BCUT2D eigenvalue weighted by molar-refractivity contribution is 6.30. The van der Waals surface area contributed by atoms with Crippen LogP contribution in [0.1, 0.15) is 64.4 Å². The molecule has 1 heterocycles. The number of carbonyl (C=O) groups is 3. The number of esters is 2. The van der Waals surface area contributed by atoms with E-state index in [1.165, 1.54) is 26.3 Å². The number of hydrogen-bond donors (Lipinski definition) is 0. The number of ether oxygens (including phenoxy) is 5. The third-order valence-electron chi connectivity index (χ3n) is 6.08. The van der Waals surface area contributed by atoms with Crippen LogP contribution in [0.4, 0.5) is 0 Å². The number of rotatable bonds is 15. The number of benzene rings is 1. The molecule has 9 nitrogen and oxygen atoms in total. The first-order valence-corrected chi connectivity index (χ1v) is 12.9. The molecule has 0 aliphatic rings. The number of pyridine rings is 1. The van der Waals surface area contributed by atoms with E-state index >= 15 is 0 Å². The summed E-state index contributed by atoms with van der Waals surface area (Å²) in [6, 6.07) is 8.54. The minimum absolute atomic E-state index is 0.0281. The van der Waals surface area contributed by atoms with Crippen LogP contribution in [0, 0.1) is 11.8 Å². The smallest absolute Gasteiger partial charge is 0.309 e. The quantitative estimate of drug-likeness (QED) is 0.158. The number of Topliss-reactive ketones (excluding diaryl/α,β-unsaturated/α-hetero) is 1. The fourth-order valence-electron chi connectivity index (χ4n) is 3.92. The van der Waals surface area contributed by atoms with Gasteiger partial charge in [0, 0.05) is 30.6 Å². The Hall–Kier alpha value is -3.33. The summed E-state index contributed by atoms with van der Waals surface area (Å²) < 4.78 is 27.5. The van der Waals surface area contributed by atoms with Crippen LogP contribution in [0.5, 0.6) is 17.2 Å². The third kappa shape index (κ3) is 8.90. The van der Waals surface area contributed by atoms with Gasteiger partial charge in [-0.15, -0.1) is 0 Å². The Kier molecular flexibility index (Phi) is 12.3. The number of hydrogen-bond acceptors (Lipinski definition) is 9. The van der Waals surface area contributed by atoms with E-state index in [1.807, 2.05) is 0 Å². The van der Waals surface area contributed by atoms with Crippen molar-refractivity contribution in [2.75, 3.05) is 13.9 Å². The fraction of sp³-hybridized carbons (Fsp3) is 0.500. The number of carbonyl (C=O) groups excluding carboxylic acids is 3. The van der Waals surface area contributed by atoms with Gasteiger partial charge in [-0.1, -0.05) is 32.4 Å². The zero-order valence-corrected chi connectivity index (χ0v) is 23.4. The van der Waals surface area contributed by atoms with Crippen LogP contribution >= 0.6 is 11.6 Å². The van der Waals surface area contributed by atoms with E-state index in [2.05, 4.69) is 18.8 Å². The lowest BCUT2D eigenvalue weighted by molar-refractivity contribution is -0.159. The summed E-state index contributed by atoms with van der Waals surface area (Å²) in [6.45, 7) is 8.33. The van der Waals surface area contributed by atoms with Gasteiger partial charge < -0.3 is 23.7 Å². The molecule has 0 amide bonds. The largest absolute Gasteiger partial charge is 0.493 e. The molecule has 2 aromatic rings. The summed E-state index contributed by atoms with van der Waals surface area (Å²) in [4.78, 5) is 41.3. The Bertz CT molecular complexity index is 1070.